The molecule has 0 spiro atoms. The molecule has 0 bridgehead atoms. The zero-order valence-electron chi connectivity index (χ0n) is 16.3. The van der Waals surface area contributed by atoms with Gasteiger partial charge in [0.05, 0.1) is 6.61 Å². The number of carboxylic acids is 2. The van der Waals surface area contributed by atoms with Crippen molar-refractivity contribution in [1.29, 1.82) is 0 Å². The van der Waals surface area contributed by atoms with Gasteiger partial charge in [-0.25, -0.2) is 9.59 Å². The molecule has 1 saturated heterocycles. The number of hydrogen-bond acceptors (Lipinski definition) is 6. The number of nitrogens with zero attached hydrogens (tertiary/aromatic N) is 2. The third kappa shape index (κ3) is 8.94. The molecule has 0 saturated carbocycles. The van der Waals surface area contributed by atoms with Gasteiger partial charge in [-0.2, -0.15) is 0 Å². The Bertz CT molecular complexity index is 660. The van der Waals surface area contributed by atoms with Crippen LogP contribution in [0.25, 0.3) is 0 Å². The Morgan fingerprint density at radius 1 is 0.929 bits per heavy atom. The van der Waals surface area contributed by atoms with Crippen molar-refractivity contribution in [3.63, 3.8) is 0 Å². The van der Waals surface area contributed by atoms with Crippen LogP contribution in [0, 0.1) is 13.8 Å². The van der Waals surface area contributed by atoms with Gasteiger partial charge in [-0.1, -0.05) is 6.07 Å². The highest BCUT2D eigenvalue weighted by Gasteiger charge is 2.16. The number of nitrogens with one attached hydrogen (secondary N) is 1. The van der Waals surface area contributed by atoms with Crippen LogP contribution in [-0.2, 0) is 14.4 Å². The van der Waals surface area contributed by atoms with Crippen LogP contribution in [0.2, 0.25) is 0 Å². The first-order valence-corrected chi connectivity index (χ1v) is 9.11. The molecule has 0 radical (unpaired) electrons. The minimum atomic E-state index is -1.82. The second-order valence-electron chi connectivity index (χ2n) is 6.61. The van der Waals surface area contributed by atoms with E-state index >= 15 is 0 Å². The van der Waals surface area contributed by atoms with Crippen LogP contribution >= 0.6 is 0 Å². The molecular weight excluding hydrogens is 366 g/mol. The fraction of sp³-hybridized carbons (Fsp3) is 0.526. The molecule has 0 unspecified atom stereocenters. The summed E-state index contributed by atoms with van der Waals surface area (Å²) in [6.07, 6.45) is 0.521. The first-order chi connectivity index (χ1) is 13.2. The summed E-state index contributed by atoms with van der Waals surface area (Å²) in [4.78, 5) is 34.8. The lowest BCUT2D eigenvalue weighted by Crippen LogP contribution is -2.47. The van der Waals surface area contributed by atoms with E-state index in [4.69, 9.17) is 24.9 Å². The van der Waals surface area contributed by atoms with Gasteiger partial charge in [0.1, 0.15) is 0 Å². The second-order valence-corrected chi connectivity index (χ2v) is 6.61. The van der Waals surface area contributed by atoms with Crippen molar-refractivity contribution in [3.05, 3.63) is 29.3 Å². The molecule has 0 aliphatic carbocycles. The number of anilines is 1. The lowest BCUT2D eigenvalue weighted by atomic mass is 10.1. The van der Waals surface area contributed by atoms with E-state index in [2.05, 4.69) is 29.0 Å². The predicted octanol–water partition coefficient (Wildman–Crippen LogP) is 0.398. The van der Waals surface area contributed by atoms with Crippen LogP contribution in [0.15, 0.2) is 18.2 Å². The number of aliphatic hydroxyl groups is 1. The molecule has 1 amide bonds. The molecular formula is C19H29N3O6. The van der Waals surface area contributed by atoms with Crippen LogP contribution < -0.4 is 5.32 Å². The number of rotatable bonds is 6. The summed E-state index contributed by atoms with van der Waals surface area (Å²) in [6.45, 7) is 9.77. The highest BCUT2D eigenvalue weighted by molar-refractivity contribution is 6.27. The van der Waals surface area contributed by atoms with Gasteiger partial charge < -0.3 is 25.5 Å². The van der Waals surface area contributed by atoms with Crippen molar-refractivity contribution < 1.29 is 29.7 Å². The maximum atomic E-state index is 12.0. The van der Waals surface area contributed by atoms with Crippen LogP contribution in [-0.4, -0.2) is 88.8 Å². The molecule has 1 aromatic carbocycles. The SMILES string of the molecule is Cc1ccc(NC(=O)CCN2CCN(CCO)CC2)cc1C.O=C(O)C(=O)O. The number of benzene rings is 1. The van der Waals surface area contributed by atoms with Crippen molar-refractivity contribution >= 4 is 23.5 Å². The standard InChI is InChI=1S/C17H27N3O2.C2H2O4/c1-14-3-4-16(13-15(14)2)18-17(22)5-6-19-7-9-20(10-8-19)11-12-21;3-1(4)2(5)6/h3-4,13,21H,5-12H2,1-2H3,(H,18,22);(H,3,4)(H,5,6). The number of β-amino-alcohol motifs (C(OH)–C–C–N with tert-alkyl or cyclic N) is 1. The van der Waals surface area contributed by atoms with Gasteiger partial charge in [0.15, 0.2) is 0 Å². The van der Waals surface area contributed by atoms with Gasteiger partial charge in [-0.05, 0) is 37.1 Å². The lowest BCUT2D eigenvalue weighted by molar-refractivity contribution is -0.159. The molecule has 1 aliphatic heterocycles. The smallest absolute Gasteiger partial charge is 0.414 e. The third-order valence-corrected chi connectivity index (χ3v) is 4.51. The van der Waals surface area contributed by atoms with Crippen LogP contribution in [0.4, 0.5) is 5.69 Å². The Morgan fingerprint density at radius 3 is 1.93 bits per heavy atom. The van der Waals surface area contributed by atoms with Crippen LogP contribution in [0.3, 0.4) is 0 Å². The molecule has 1 fully saturated rings. The number of aliphatic hydroxyl groups excluding tert-OH is 1. The number of hydrogen-bond donors (Lipinski definition) is 4. The van der Waals surface area contributed by atoms with E-state index in [-0.39, 0.29) is 12.5 Å². The number of amides is 1. The Morgan fingerprint density at radius 2 is 1.46 bits per heavy atom. The summed E-state index contributed by atoms with van der Waals surface area (Å²) in [5.74, 6) is -3.58. The van der Waals surface area contributed by atoms with E-state index in [1.54, 1.807) is 0 Å². The fourth-order valence-corrected chi connectivity index (χ4v) is 2.68. The second kappa shape index (κ2) is 12.1. The molecule has 1 aliphatic rings. The summed E-state index contributed by atoms with van der Waals surface area (Å²) >= 11 is 0. The van der Waals surface area contributed by atoms with E-state index in [9.17, 15) is 4.79 Å². The minimum absolute atomic E-state index is 0.0704. The van der Waals surface area contributed by atoms with Crippen LogP contribution in [0.1, 0.15) is 17.5 Å². The largest absolute Gasteiger partial charge is 0.473 e. The molecule has 156 valence electrons. The summed E-state index contributed by atoms with van der Waals surface area (Å²) in [5, 5.41) is 26.7. The quantitative estimate of drug-likeness (QED) is 0.509. The highest BCUT2D eigenvalue weighted by Crippen LogP contribution is 2.14. The Kier molecular flexibility index (Phi) is 10.1. The van der Waals surface area contributed by atoms with Gasteiger partial charge in [-0.3, -0.25) is 9.69 Å². The number of piperazine rings is 1. The number of aliphatic carboxylic acids is 2. The van der Waals surface area contributed by atoms with Crippen molar-refractivity contribution in [2.24, 2.45) is 0 Å². The fourth-order valence-electron chi connectivity index (χ4n) is 2.68. The number of carboxylic acid groups (broad SMARTS) is 2. The number of aryl methyl sites for hydroxylation is 2. The lowest BCUT2D eigenvalue weighted by Gasteiger charge is -2.34. The van der Waals surface area contributed by atoms with E-state index in [1.807, 2.05) is 18.2 Å². The van der Waals surface area contributed by atoms with E-state index in [0.717, 1.165) is 45.0 Å². The van der Waals surface area contributed by atoms with E-state index < -0.39 is 11.9 Å². The maximum Gasteiger partial charge on any atom is 0.414 e. The zero-order valence-corrected chi connectivity index (χ0v) is 16.3. The third-order valence-electron chi connectivity index (χ3n) is 4.51. The molecule has 1 heterocycles. The summed E-state index contributed by atoms with van der Waals surface area (Å²) in [6, 6.07) is 6.00. The predicted molar refractivity (Wildman–Crippen MR) is 104 cm³/mol. The Balaban J connectivity index is 0.000000568. The topological polar surface area (TPSA) is 130 Å². The minimum Gasteiger partial charge on any atom is -0.473 e. The number of carbonyl (C=O) groups excluding carboxylic acids is 1. The summed E-state index contributed by atoms with van der Waals surface area (Å²) < 4.78 is 0. The van der Waals surface area contributed by atoms with Crippen LogP contribution in [0.5, 0.6) is 0 Å². The van der Waals surface area contributed by atoms with Crippen molar-refractivity contribution in [2.75, 3.05) is 51.2 Å². The van der Waals surface area contributed by atoms with E-state index in [0.29, 0.717) is 6.42 Å². The van der Waals surface area contributed by atoms with Crippen molar-refractivity contribution in [1.82, 2.24) is 9.80 Å². The molecule has 4 N–H and O–H groups in total. The molecule has 1 aromatic rings. The Labute approximate surface area is 164 Å². The average Bonchev–Trinajstić information content (AvgIpc) is 2.65. The molecule has 9 nitrogen and oxygen atoms in total. The highest BCUT2D eigenvalue weighted by atomic mass is 16.4. The number of carbonyl (C=O) groups is 3. The Hall–Kier alpha value is -2.49. The van der Waals surface area contributed by atoms with Gasteiger partial charge in [-0.15, -0.1) is 0 Å². The molecule has 28 heavy (non-hydrogen) atoms. The zero-order chi connectivity index (χ0) is 21.1. The maximum absolute atomic E-state index is 12.0. The summed E-state index contributed by atoms with van der Waals surface area (Å²) in [5.41, 5.74) is 3.30. The van der Waals surface area contributed by atoms with Gasteiger partial charge >= 0.3 is 11.9 Å². The molecule has 9 heteroatoms. The van der Waals surface area contributed by atoms with Crippen molar-refractivity contribution in [2.45, 2.75) is 20.3 Å². The van der Waals surface area contributed by atoms with Crippen molar-refractivity contribution in [3.8, 4) is 0 Å². The first kappa shape index (κ1) is 23.5. The molecule has 0 aromatic heterocycles. The first-order valence-electron chi connectivity index (χ1n) is 9.11. The molecule has 0 atom stereocenters. The average molecular weight is 395 g/mol. The molecule has 2 rings (SSSR count). The normalized spacial score (nSPS) is 14.7. The monoisotopic (exact) mass is 395 g/mol. The van der Waals surface area contributed by atoms with Gasteiger partial charge in [0.25, 0.3) is 0 Å². The van der Waals surface area contributed by atoms with Gasteiger partial charge in [0, 0.05) is 51.4 Å². The van der Waals surface area contributed by atoms with E-state index in [1.165, 1.54) is 11.1 Å². The van der Waals surface area contributed by atoms with Gasteiger partial charge in [0.2, 0.25) is 5.91 Å². The summed E-state index contributed by atoms with van der Waals surface area (Å²) in [7, 11) is 0.